The number of halogens is 2. The van der Waals surface area contributed by atoms with Gasteiger partial charge in [0.05, 0.1) is 12.8 Å². The van der Waals surface area contributed by atoms with Crippen LogP contribution in [0.1, 0.15) is 11.1 Å². The molecular weight excluding hydrogens is 323 g/mol. The van der Waals surface area contributed by atoms with E-state index >= 15 is 0 Å². The van der Waals surface area contributed by atoms with Gasteiger partial charge >= 0.3 is 6.03 Å². The van der Waals surface area contributed by atoms with Crippen molar-refractivity contribution in [2.75, 3.05) is 12.4 Å². The van der Waals surface area contributed by atoms with Gasteiger partial charge in [-0.3, -0.25) is 0 Å². The van der Waals surface area contributed by atoms with Gasteiger partial charge < -0.3 is 15.4 Å². The normalized spacial score (nSPS) is 10.2. The molecule has 0 spiro atoms. The van der Waals surface area contributed by atoms with Crippen molar-refractivity contribution in [1.29, 1.82) is 0 Å². The highest BCUT2D eigenvalue weighted by Gasteiger charge is 2.08. The summed E-state index contributed by atoms with van der Waals surface area (Å²) in [6, 6.07) is 10.4. The van der Waals surface area contributed by atoms with Crippen LogP contribution in [0.5, 0.6) is 5.75 Å². The van der Waals surface area contributed by atoms with Gasteiger partial charge in [0.15, 0.2) is 0 Å². The topological polar surface area (TPSA) is 50.4 Å². The maximum absolute atomic E-state index is 12.0. The van der Waals surface area contributed by atoms with E-state index in [1.165, 1.54) is 0 Å². The van der Waals surface area contributed by atoms with Gasteiger partial charge in [0.25, 0.3) is 0 Å². The number of benzene rings is 2. The van der Waals surface area contributed by atoms with Crippen LogP contribution in [0.25, 0.3) is 0 Å². The van der Waals surface area contributed by atoms with Gasteiger partial charge in [-0.15, -0.1) is 0 Å². The van der Waals surface area contributed by atoms with Crippen molar-refractivity contribution < 1.29 is 9.53 Å². The molecule has 0 aliphatic carbocycles. The molecule has 22 heavy (non-hydrogen) atoms. The van der Waals surface area contributed by atoms with Crippen LogP contribution in [0.4, 0.5) is 10.5 Å². The summed E-state index contributed by atoms with van der Waals surface area (Å²) in [4.78, 5) is 12.0. The molecule has 0 radical (unpaired) electrons. The molecule has 2 N–H and O–H groups in total. The molecule has 0 saturated heterocycles. The summed E-state index contributed by atoms with van der Waals surface area (Å²) in [6.07, 6.45) is 0. The number of amides is 2. The lowest BCUT2D eigenvalue weighted by Gasteiger charge is -2.12. The van der Waals surface area contributed by atoms with Crippen molar-refractivity contribution >= 4 is 34.9 Å². The zero-order valence-electron chi connectivity index (χ0n) is 12.2. The fourth-order valence-electron chi connectivity index (χ4n) is 1.93. The second kappa shape index (κ2) is 7.38. The number of urea groups is 1. The highest BCUT2D eigenvalue weighted by Crippen LogP contribution is 2.25. The summed E-state index contributed by atoms with van der Waals surface area (Å²) >= 11 is 11.9. The van der Waals surface area contributed by atoms with Crippen LogP contribution >= 0.6 is 23.2 Å². The average molecular weight is 339 g/mol. The Labute approximate surface area is 139 Å². The minimum atomic E-state index is -0.338. The van der Waals surface area contributed by atoms with Crippen LogP contribution in [0.15, 0.2) is 36.4 Å². The van der Waals surface area contributed by atoms with E-state index in [-0.39, 0.29) is 6.03 Å². The van der Waals surface area contributed by atoms with E-state index in [0.717, 1.165) is 11.1 Å². The van der Waals surface area contributed by atoms with Gasteiger partial charge in [-0.2, -0.15) is 0 Å². The summed E-state index contributed by atoms with van der Waals surface area (Å²) in [5.74, 6) is 0.602. The first-order valence-corrected chi connectivity index (χ1v) is 7.38. The minimum Gasteiger partial charge on any atom is -0.495 e. The van der Waals surface area contributed by atoms with Crippen LogP contribution in [0.3, 0.4) is 0 Å². The number of anilines is 1. The standard InChI is InChI=1S/C16H16Cl2N2O2/c1-10-3-6-15(22-2)14(7-10)20-16(21)19-9-11-4-5-12(17)8-13(11)18/h3-8H,9H2,1-2H3,(H2,19,20,21). The first-order valence-electron chi connectivity index (χ1n) is 6.63. The molecule has 6 heteroatoms. The third kappa shape index (κ3) is 4.29. The Morgan fingerprint density at radius 2 is 1.95 bits per heavy atom. The molecule has 0 aliphatic rings. The molecule has 0 saturated carbocycles. The Kier molecular flexibility index (Phi) is 5.52. The molecule has 2 aromatic rings. The second-order valence-electron chi connectivity index (χ2n) is 4.75. The lowest BCUT2D eigenvalue weighted by atomic mass is 10.2. The van der Waals surface area contributed by atoms with Crippen molar-refractivity contribution in [3.05, 3.63) is 57.6 Å². The highest BCUT2D eigenvalue weighted by atomic mass is 35.5. The van der Waals surface area contributed by atoms with E-state index in [9.17, 15) is 4.79 Å². The second-order valence-corrected chi connectivity index (χ2v) is 5.59. The van der Waals surface area contributed by atoms with E-state index in [4.69, 9.17) is 27.9 Å². The zero-order valence-corrected chi connectivity index (χ0v) is 13.8. The molecule has 0 bridgehead atoms. The predicted molar refractivity (Wildman–Crippen MR) is 90.1 cm³/mol. The van der Waals surface area contributed by atoms with E-state index in [1.807, 2.05) is 19.1 Å². The fourth-order valence-corrected chi connectivity index (χ4v) is 2.40. The molecule has 2 rings (SSSR count). The monoisotopic (exact) mass is 338 g/mol. The highest BCUT2D eigenvalue weighted by molar-refractivity contribution is 6.35. The Hall–Kier alpha value is -1.91. The number of ether oxygens (including phenoxy) is 1. The SMILES string of the molecule is COc1ccc(C)cc1NC(=O)NCc1ccc(Cl)cc1Cl. The zero-order chi connectivity index (χ0) is 16.1. The fraction of sp³-hybridized carbons (Fsp3) is 0.188. The maximum Gasteiger partial charge on any atom is 0.319 e. The number of hydrogen-bond acceptors (Lipinski definition) is 2. The predicted octanol–water partition coefficient (Wildman–Crippen LogP) is 4.63. The molecular formula is C16H16Cl2N2O2. The van der Waals surface area contributed by atoms with Gasteiger partial charge in [-0.1, -0.05) is 35.3 Å². The minimum absolute atomic E-state index is 0.302. The van der Waals surface area contributed by atoms with Crippen LogP contribution in [-0.2, 0) is 6.54 Å². The molecule has 0 heterocycles. The number of nitrogens with one attached hydrogen (secondary N) is 2. The number of rotatable bonds is 4. The van der Waals surface area contributed by atoms with Gasteiger partial charge in [-0.05, 0) is 42.3 Å². The van der Waals surface area contributed by atoms with Crippen LogP contribution in [0.2, 0.25) is 10.0 Å². The van der Waals surface area contributed by atoms with E-state index < -0.39 is 0 Å². The Morgan fingerprint density at radius 3 is 2.64 bits per heavy atom. The van der Waals surface area contributed by atoms with E-state index in [0.29, 0.717) is 28.0 Å². The van der Waals surface area contributed by atoms with Crippen LogP contribution < -0.4 is 15.4 Å². The molecule has 0 unspecified atom stereocenters. The first kappa shape index (κ1) is 16.5. The number of hydrogen-bond donors (Lipinski definition) is 2. The maximum atomic E-state index is 12.0. The summed E-state index contributed by atoms with van der Waals surface area (Å²) in [6.45, 7) is 2.24. The number of methoxy groups -OCH3 is 1. The van der Waals surface area contributed by atoms with Crippen LogP contribution in [0, 0.1) is 6.92 Å². The molecule has 116 valence electrons. The van der Waals surface area contributed by atoms with Gasteiger partial charge in [0.2, 0.25) is 0 Å². The van der Waals surface area contributed by atoms with Gasteiger partial charge in [0.1, 0.15) is 5.75 Å². The number of aryl methyl sites for hydroxylation is 1. The molecule has 0 aromatic heterocycles. The smallest absolute Gasteiger partial charge is 0.319 e. The summed E-state index contributed by atoms with van der Waals surface area (Å²) < 4.78 is 5.22. The molecule has 0 fully saturated rings. The third-order valence-corrected chi connectivity index (χ3v) is 3.64. The molecule has 0 aliphatic heterocycles. The lowest BCUT2D eigenvalue weighted by molar-refractivity contribution is 0.251. The van der Waals surface area contributed by atoms with Crippen molar-refractivity contribution in [3.8, 4) is 5.75 Å². The third-order valence-electron chi connectivity index (χ3n) is 3.06. The Balaban J connectivity index is 2.00. The Morgan fingerprint density at radius 1 is 1.18 bits per heavy atom. The van der Waals surface area contributed by atoms with Crippen molar-refractivity contribution in [3.63, 3.8) is 0 Å². The average Bonchev–Trinajstić information content (AvgIpc) is 2.46. The van der Waals surface area contributed by atoms with Crippen molar-refractivity contribution in [2.45, 2.75) is 13.5 Å². The molecule has 0 atom stereocenters. The molecule has 4 nitrogen and oxygen atoms in total. The van der Waals surface area contributed by atoms with Crippen LogP contribution in [-0.4, -0.2) is 13.1 Å². The largest absolute Gasteiger partial charge is 0.495 e. The van der Waals surface area contributed by atoms with E-state index in [1.54, 1.807) is 31.4 Å². The van der Waals surface area contributed by atoms with E-state index in [2.05, 4.69) is 10.6 Å². The summed E-state index contributed by atoms with van der Waals surface area (Å²) in [5.41, 5.74) is 2.43. The quantitative estimate of drug-likeness (QED) is 0.853. The van der Waals surface area contributed by atoms with Crippen molar-refractivity contribution in [2.24, 2.45) is 0 Å². The van der Waals surface area contributed by atoms with Gasteiger partial charge in [-0.25, -0.2) is 4.79 Å². The number of carbonyl (C=O) groups is 1. The molecule has 2 aromatic carbocycles. The lowest BCUT2D eigenvalue weighted by Crippen LogP contribution is -2.28. The first-order chi connectivity index (χ1) is 10.5. The summed E-state index contributed by atoms with van der Waals surface area (Å²) in [7, 11) is 1.56. The Bertz CT molecular complexity index is 690. The molecule has 2 amide bonds. The van der Waals surface area contributed by atoms with Crippen molar-refractivity contribution in [1.82, 2.24) is 5.32 Å². The number of carbonyl (C=O) groups excluding carboxylic acids is 1. The van der Waals surface area contributed by atoms with Gasteiger partial charge in [0, 0.05) is 16.6 Å². The summed E-state index contributed by atoms with van der Waals surface area (Å²) in [5, 5.41) is 6.58.